The van der Waals surface area contributed by atoms with E-state index in [0.29, 0.717) is 29.6 Å². The van der Waals surface area contributed by atoms with E-state index in [1.807, 2.05) is 47.5 Å². The Bertz CT molecular complexity index is 1300. The topological polar surface area (TPSA) is 64.5 Å². The second-order valence-corrected chi connectivity index (χ2v) is 8.93. The highest BCUT2D eigenvalue weighted by molar-refractivity contribution is 5.95. The first-order valence-electron chi connectivity index (χ1n) is 12.0. The average molecular weight is 468 g/mol. The monoisotopic (exact) mass is 467 g/mol. The Labute approximate surface area is 205 Å². The Morgan fingerprint density at radius 2 is 1.91 bits per heavy atom. The molecule has 1 amide bonds. The molecule has 1 aliphatic rings. The summed E-state index contributed by atoms with van der Waals surface area (Å²) in [7, 11) is 1.60. The molecule has 35 heavy (non-hydrogen) atoms. The highest BCUT2D eigenvalue weighted by Crippen LogP contribution is 2.31. The minimum absolute atomic E-state index is 0.0274. The SMILES string of the molecule is COc1ccc(C(=O)N2CCC[C@H](Cc3cccc4ncccc34)C2)cc1OCc1ccccn1. The van der Waals surface area contributed by atoms with Gasteiger partial charge >= 0.3 is 0 Å². The lowest BCUT2D eigenvalue weighted by Gasteiger charge is -2.33. The number of ether oxygens (including phenoxy) is 2. The van der Waals surface area contributed by atoms with E-state index in [1.165, 1.54) is 10.9 Å². The molecule has 0 radical (unpaired) electrons. The largest absolute Gasteiger partial charge is 0.493 e. The van der Waals surface area contributed by atoms with Gasteiger partial charge in [0.15, 0.2) is 11.5 Å². The van der Waals surface area contributed by atoms with Crippen molar-refractivity contribution in [2.75, 3.05) is 20.2 Å². The number of carbonyl (C=O) groups excluding carboxylic acids is 1. The standard InChI is InChI=1S/C29H29N3O3/c1-34-27-13-12-23(18-28(27)35-20-24-9-2-3-14-30-24)29(33)32-16-6-7-21(19-32)17-22-8-4-11-26-25(22)10-5-15-31-26/h2-5,8-15,18,21H,6-7,16-17,19-20H2,1H3/t21-/m1/s1. The number of piperidine rings is 1. The molecule has 1 fully saturated rings. The van der Waals surface area contributed by atoms with Gasteiger partial charge in [-0.2, -0.15) is 0 Å². The lowest BCUT2D eigenvalue weighted by atomic mass is 9.89. The molecule has 1 saturated heterocycles. The van der Waals surface area contributed by atoms with Gasteiger partial charge in [0.1, 0.15) is 6.61 Å². The highest BCUT2D eigenvalue weighted by atomic mass is 16.5. The van der Waals surface area contributed by atoms with E-state index < -0.39 is 0 Å². The summed E-state index contributed by atoms with van der Waals surface area (Å²) in [4.78, 5) is 24.2. The average Bonchev–Trinajstić information content (AvgIpc) is 2.92. The van der Waals surface area contributed by atoms with E-state index >= 15 is 0 Å². The van der Waals surface area contributed by atoms with Crippen LogP contribution < -0.4 is 9.47 Å². The van der Waals surface area contributed by atoms with E-state index in [4.69, 9.17) is 9.47 Å². The van der Waals surface area contributed by atoms with Gasteiger partial charge in [-0.05, 0) is 73.2 Å². The number of carbonyl (C=O) groups is 1. The van der Waals surface area contributed by atoms with Crippen LogP contribution in [0.4, 0.5) is 0 Å². The predicted octanol–water partition coefficient (Wildman–Crippen LogP) is 5.31. The number of amides is 1. The fourth-order valence-electron chi connectivity index (χ4n) is 4.81. The molecule has 0 N–H and O–H groups in total. The molecule has 6 nitrogen and oxygen atoms in total. The van der Waals surface area contributed by atoms with Crippen molar-refractivity contribution in [3.63, 3.8) is 0 Å². The first-order chi connectivity index (χ1) is 17.2. The Balaban J connectivity index is 1.29. The van der Waals surface area contributed by atoms with Crippen LogP contribution in [0.5, 0.6) is 11.5 Å². The molecular weight excluding hydrogens is 438 g/mol. The van der Waals surface area contributed by atoms with Gasteiger partial charge in [0, 0.05) is 36.4 Å². The number of pyridine rings is 2. The van der Waals surface area contributed by atoms with Crippen molar-refractivity contribution < 1.29 is 14.3 Å². The van der Waals surface area contributed by atoms with Crippen LogP contribution in [0.25, 0.3) is 10.9 Å². The molecule has 6 heteroatoms. The summed E-state index contributed by atoms with van der Waals surface area (Å²) < 4.78 is 11.4. The molecule has 2 aromatic heterocycles. The zero-order valence-corrected chi connectivity index (χ0v) is 19.9. The van der Waals surface area contributed by atoms with Gasteiger partial charge in [-0.25, -0.2) is 0 Å². The smallest absolute Gasteiger partial charge is 0.254 e. The third kappa shape index (κ3) is 5.27. The highest BCUT2D eigenvalue weighted by Gasteiger charge is 2.26. The van der Waals surface area contributed by atoms with Gasteiger partial charge in [-0.1, -0.05) is 24.3 Å². The first kappa shape index (κ1) is 22.8. The molecular formula is C29H29N3O3. The summed E-state index contributed by atoms with van der Waals surface area (Å²) in [5.74, 6) is 1.58. The molecule has 0 spiro atoms. The van der Waals surface area contributed by atoms with E-state index in [-0.39, 0.29) is 5.91 Å². The number of fused-ring (bicyclic) bond motifs is 1. The van der Waals surface area contributed by atoms with Gasteiger partial charge < -0.3 is 14.4 Å². The molecule has 0 unspecified atom stereocenters. The number of hydrogen-bond donors (Lipinski definition) is 0. The predicted molar refractivity (Wildman–Crippen MR) is 136 cm³/mol. The Kier molecular flexibility index (Phi) is 6.89. The summed E-state index contributed by atoms with van der Waals surface area (Å²) in [5, 5.41) is 1.20. The van der Waals surface area contributed by atoms with Crippen LogP contribution in [0.2, 0.25) is 0 Å². The number of likely N-dealkylation sites (tertiary alicyclic amines) is 1. The van der Waals surface area contributed by atoms with Crippen molar-refractivity contribution in [2.24, 2.45) is 5.92 Å². The van der Waals surface area contributed by atoms with Crippen molar-refractivity contribution in [2.45, 2.75) is 25.9 Å². The lowest BCUT2D eigenvalue weighted by molar-refractivity contribution is 0.0673. The molecule has 0 aliphatic carbocycles. The summed E-state index contributed by atoms with van der Waals surface area (Å²) in [6.45, 7) is 1.81. The van der Waals surface area contributed by atoms with Crippen molar-refractivity contribution in [3.8, 4) is 11.5 Å². The van der Waals surface area contributed by atoms with Crippen molar-refractivity contribution >= 4 is 16.8 Å². The van der Waals surface area contributed by atoms with Crippen LogP contribution in [0.3, 0.4) is 0 Å². The van der Waals surface area contributed by atoms with E-state index in [1.54, 1.807) is 25.4 Å². The number of nitrogens with zero attached hydrogens (tertiary/aromatic N) is 3. The zero-order valence-electron chi connectivity index (χ0n) is 19.9. The quantitative estimate of drug-likeness (QED) is 0.368. The maximum atomic E-state index is 13.4. The number of methoxy groups -OCH3 is 1. The van der Waals surface area contributed by atoms with Gasteiger partial charge in [0.2, 0.25) is 0 Å². The van der Waals surface area contributed by atoms with Crippen LogP contribution in [0, 0.1) is 5.92 Å². The van der Waals surface area contributed by atoms with Crippen LogP contribution in [-0.4, -0.2) is 41.0 Å². The molecule has 2 aromatic carbocycles. The Morgan fingerprint density at radius 3 is 2.77 bits per heavy atom. The third-order valence-electron chi connectivity index (χ3n) is 6.56. The van der Waals surface area contributed by atoms with Crippen LogP contribution >= 0.6 is 0 Å². The summed E-state index contributed by atoms with van der Waals surface area (Å²) >= 11 is 0. The number of benzene rings is 2. The van der Waals surface area contributed by atoms with Crippen LogP contribution in [-0.2, 0) is 13.0 Å². The van der Waals surface area contributed by atoms with Crippen LogP contribution in [0.15, 0.2) is 79.1 Å². The molecule has 1 aliphatic heterocycles. The van der Waals surface area contributed by atoms with Gasteiger partial charge in [0.25, 0.3) is 5.91 Å². The molecule has 1 atom stereocenters. The van der Waals surface area contributed by atoms with Crippen molar-refractivity contribution in [1.82, 2.24) is 14.9 Å². The molecule has 178 valence electrons. The molecule has 0 bridgehead atoms. The normalized spacial score (nSPS) is 15.7. The van der Waals surface area contributed by atoms with Crippen molar-refractivity contribution in [1.29, 1.82) is 0 Å². The van der Waals surface area contributed by atoms with Gasteiger partial charge in [-0.3, -0.25) is 14.8 Å². The summed E-state index contributed by atoms with van der Waals surface area (Å²) in [6, 6.07) is 21.5. The fraction of sp³-hybridized carbons (Fsp3) is 0.276. The van der Waals surface area contributed by atoms with E-state index in [0.717, 1.165) is 43.6 Å². The van der Waals surface area contributed by atoms with Crippen molar-refractivity contribution in [3.05, 3.63) is 95.9 Å². The second-order valence-electron chi connectivity index (χ2n) is 8.93. The summed E-state index contributed by atoms with van der Waals surface area (Å²) in [6.07, 6.45) is 6.61. The first-order valence-corrected chi connectivity index (χ1v) is 12.0. The summed E-state index contributed by atoms with van der Waals surface area (Å²) in [5.41, 5.74) is 3.74. The third-order valence-corrected chi connectivity index (χ3v) is 6.56. The maximum absolute atomic E-state index is 13.4. The maximum Gasteiger partial charge on any atom is 0.254 e. The van der Waals surface area contributed by atoms with Gasteiger partial charge in [0.05, 0.1) is 18.3 Å². The zero-order chi connectivity index (χ0) is 24.0. The lowest BCUT2D eigenvalue weighted by Crippen LogP contribution is -2.40. The number of aromatic nitrogens is 2. The minimum atomic E-state index is 0.0274. The molecule has 0 saturated carbocycles. The molecule has 4 aromatic rings. The number of hydrogen-bond acceptors (Lipinski definition) is 5. The fourth-order valence-corrected chi connectivity index (χ4v) is 4.81. The molecule has 3 heterocycles. The van der Waals surface area contributed by atoms with Crippen LogP contribution in [0.1, 0.15) is 34.5 Å². The molecule has 5 rings (SSSR count). The van der Waals surface area contributed by atoms with E-state index in [9.17, 15) is 4.79 Å². The van der Waals surface area contributed by atoms with Gasteiger partial charge in [-0.15, -0.1) is 0 Å². The Hall–Kier alpha value is -3.93. The second kappa shape index (κ2) is 10.6. The number of rotatable bonds is 7. The minimum Gasteiger partial charge on any atom is -0.493 e. The van der Waals surface area contributed by atoms with E-state index in [2.05, 4.69) is 28.2 Å². The Morgan fingerprint density at radius 1 is 1.00 bits per heavy atom.